The van der Waals surface area contributed by atoms with Gasteiger partial charge in [-0.3, -0.25) is 10.1 Å². The van der Waals surface area contributed by atoms with Crippen molar-refractivity contribution in [2.75, 3.05) is 13.1 Å². The maximum Gasteiger partial charge on any atom is 0.410 e. The number of amides is 1. The quantitative estimate of drug-likeness (QED) is 0.574. The van der Waals surface area contributed by atoms with Crippen molar-refractivity contribution in [2.45, 2.75) is 58.7 Å². The van der Waals surface area contributed by atoms with E-state index < -0.39 is 5.60 Å². The normalized spacial score (nSPS) is 17.3. The Hall–Kier alpha value is -2.57. The van der Waals surface area contributed by atoms with Crippen LogP contribution in [0.4, 0.5) is 10.5 Å². The molecule has 1 aromatic carbocycles. The molecule has 0 bridgehead atoms. The lowest BCUT2D eigenvalue weighted by Gasteiger charge is -2.30. The second kappa shape index (κ2) is 7.21. The number of benzene rings is 1. The smallest absolute Gasteiger partial charge is 0.410 e. The van der Waals surface area contributed by atoms with Crippen LogP contribution in [0.1, 0.15) is 51.2 Å². The summed E-state index contributed by atoms with van der Waals surface area (Å²) in [4.78, 5) is 25.0. The van der Waals surface area contributed by atoms with E-state index in [1.807, 2.05) is 33.8 Å². The fourth-order valence-corrected chi connectivity index (χ4v) is 3.12. The minimum absolute atomic E-state index is 0.0765. The monoisotopic (exact) mass is 374 g/mol. The van der Waals surface area contributed by atoms with E-state index in [2.05, 4.69) is 0 Å². The summed E-state index contributed by atoms with van der Waals surface area (Å²) in [6.07, 6.45) is 4.33. The van der Waals surface area contributed by atoms with Gasteiger partial charge in [0.05, 0.1) is 16.6 Å². The SMILES string of the molecule is Cc1c(OC2CC2)ccc([N+](=O)[O-])c1C1=CCN(C(=O)OC(C)(C)C)CC1. The molecule has 0 spiro atoms. The molecule has 1 aliphatic carbocycles. The third-order valence-electron chi connectivity index (χ3n) is 4.59. The predicted octanol–water partition coefficient (Wildman–Crippen LogP) is 4.47. The van der Waals surface area contributed by atoms with Crippen molar-refractivity contribution in [3.63, 3.8) is 0 Å². The summed E-state index contributed by atoms with van der Waals surface area (Å²) in [5.41, 5.74) is 1.80. The number of hydrogen-bond donors (Lipinski definition) is 0. The van der Waals surface area contributed by atoms with Gasteiger partial charge in [-0.05, 0) is 58.6 Å². The highest BCUT2D eigenvalue weighted by Crippen LogP contribution is 2.39. The van der Waals surface area contributed by atoms with Crippen LogP contribution in [-0.4, -0.2) is 40.7 Å². The number of carbonyl (C=O) groups is 1. The highest BCUT2D eigenvalue weighted by Gasteiger charge is 2.30. The minimum atomic E-state index is -0.551. The molecule has 1 heterocycles. The Morgan fingerprint density at radius 3 is 2.52 bits per heavy atom. The molecular weight excluding hydrogens is 348 g/mol. The summed E-state index contributed by atoms with van der Waals surface area (Å²) in [5.74, 6) is 0.702. The average Bonchev–Trinajstić information content (AvgIpc) is 3.39. The second-order valence-electron chi connectivity index (χ2n) is 8.06. The van der Waals surface area contributed by atoms with Crippen LogP contribution in [-0.2, 0) is 4.74 Å². The van der Waals surface area contributed by atoms with Crippen LogP contribution in [0, 0.1) is 17.0 Å². The Bertz CT molecular complexity index is 790. The van der Waals surface area contributed by atoms with E-state index in [4.69, 9.17) is 9.47 Å². The van der Waals surface area contributed by atoms with Crippen LogP contribution in [0.25, 0.3) is 5.57 Å². The lowest BCUT2D eigenvalue weighted by atomic mass is 9.93. The lowest BCUT2D eigenvalue weighted by Crippen LogP contribution is -2.39. The zero-order valence-corrected chi connectivity index (χ0v) is 16.3. The first-order chi connectivity index (χ1) is 12.7. The van der Waals surface area contributed by atoms with Crippen LogP contribution in [0.3, 0.4) is 0 Å². The molecule has 0 unspecified atom stereocenters. The standard InChI is InChI=1S/C20H26N2O5/c1-13-17(26-15-5-6-15)8-7-16(22(24)25)18(13)14-9-11-21(12-10-14)19(23)27-20(2,3)4/h7-9,15H,5-6,10-12H2,1-4H3. The van der Waals surface area contributed by atoms with Crippen molar-refractivity contribution >= 4 is 17.4 Å². The molecule has 1 amide bonds. The summed E-state index contributed by atoms with van der Waals surface area (Å²) in [6.45, 7) is 8.18. The maximum absolute atomic E-state index is 12.2. The number of rotatable bonds is 4. The predicted molar refractivity (Wildman–Crippen MR) is 102 cm³/mol. The van der Waals surface area contributed by atoms with Crippen molar-refractivity contribution in [3.8, 4) is 5.75 Å². The number of hydrogen-bond acceptors (Lipinski definition) is 5. The van der Waals surface area contributed by atoms with Crippen molar-refractivity contribution in [3.05, 3.63) is 39.4 Å². The van der Waals surface area contributed by atoms with Gasteiger partial charge in [-0.15, -0.1) is 0 Å². The summed E-state index contributed by atoms with van der Waals surface area (Å²) in [6, 6.07) is 3.20. The van der Waals surface area contributed by atoms with E-state index in [1.54, 1.807) is 11.0 Å². The van der Waals surface area contributed by atoms with Gasteiger partial charge in [-0.1, -0.05) is 6.08 Å². The Balaban J connectivity index is 1.85. The van der Waals surface area contributed by atoms with Gasteiger partial charge >= 0.3 is 6.09 Å². The molecular formula is C20H26N2O5. The molecule has 1 fully saturated rings. The molecule has 0 aromatic heterocycles. The molecule has 0 N–H and O–H groups in total. The fourth-order valence-electron chi connectivity index (χ4n) is 3.12. The van der Waals surface area contributed by atoms with E-state index in [9.17, 15) is 14.9 Å². The van der Waals surface area contributed by atoms with Crippen molar-refractivity contribution < 1.29 is 19.2 Å². The summed E-state index contributed by atoms with van der Waals surface area (Å²) < 4.78 is 11.3. The zero-order chi connectivity index (χ0) is 19.8. The Morgan fingerprint density at radius 1 is 1.30 bits per heavy atom. The second-order valence-corrected chi connectivity index (χ2v) is 8.06. The van der Waals surface area contributed by atoms with E-state index >= 15 is 0 Å². The van der Waals surface area contributed by atoms with E-state index in [-0.39, 0.29) is 22.8 Å². The molecule has 0 radical (unpaired) electrons. The fraction of sp³-hybridized carbons (Fsp3) is 0.550. The number of nitrogens with zero attached hydrogens (tertiary/aromatic N) is 2. The minimum Gasteiger partial charge on any atom is -0.490 e. The van der Waals surface area contributed by atoms with Crippen molar-refractivity contribution in [1.82, 2.24) is 4.90 Å². The number of nitro benzene ring substituents is 1. The molecule has 7 heteroatoms. The molecule has 1 saturated carbocycles. The molecule has 0 saturated heterocycles. The van der Waals surface area contributed by atoms with Crippen molar-refractivity contribution in [2.24, 2.45) is 0 Å². The molecule has 3 rings (SSSR count). The Labute approximate surface area is 159 Å². The van der Waals surface area contributed by atoms with Gasteiger partial charge in [0.2, 0.25) is 0 Å². The summed E-state index contributed by atoms with van der Waals surface area (Å²) in [7, 11) is 0. The Morgan fingerprint density at radius 2 is 2.00 bits per heavy atom. The van der Waals surface area contributed by atoms with Gasteiger partial charge in [0.25, 0.3) is 5.69 Å². The molecule has 1 aromatic rings. The Kier molecular flexibility index (Phi) is 5.13. The van der Waals surface area contributed by atoms with Crippen molar-refractivity contribution in [1.29, 1.82) is 0 Å². The zero-order valence-electron chi connectivity index (χ0n) is 16.3. The largest absolute Gasteiger partial charge is 0.490 e. The van der Waals surface area contributed by atoms with Crippen LogP contribution < -0.4 is 4.74 Å². The topological polar surface area (TPSA) is 81.9 Å². The van der Waals surface area contributed by atoms with Crippen LogP contribution in [0.5, 0.6) is 5.75 Å². The molecule has 2 aliphatic rings. The highest BCUT2D eigenvalue weighted by atomic mass is 16.6. The first-order valence-electron chi connectivity index (χ1n) is 9.27. The summed E-state index contributed by atoms with van der Waals surface area (Å²) >= 11 is 0. The van der Waals surface area contributed by atoms with Gasteiger partial charge in [0, 0.05) is 24.7 Å². The van der Waals surface area contributed by atoms with Gasteiger partial charge in [0.15, 0.2) is 0 Å². The first-order valence-corrected chi connectivity index (χ1v) is 9.27. The molecule has 1 aliphatic heterocycles. The van der Waals surface area contributed by atoms with E-state index in [0.717, 1.165) is 24.0 Å². The summed E-state index contributed by atoms with van der Waals surface area (Å²) in [5, 5.41) is 11.5. The highest BCUT2D eigenvalue weighted by molar-refractivity contribution is 5.79. The number of ether oxygens (including phenoxy) is 2. The lowest BCUT2D eigenvalue weighted by molar-refractivity contribution is -0.385. The third kappa shape index (κ3) is 4.59. The molecule has 0 atom stereocenters. The van der Waals surface area contributed by atoms with Gasteiger partial charge in [-0.2, -0.15) is 0 Å². The van der Waals surface area contributed by atoms with Crippen LogP contribution >= 0.6 is 0 Å². The van der Waals surface area contributed by atoms with Gasteiger partial charge in [-0.25, -0.2) is 4.79 Å². The third-order valence-corrected chi connectivity index (χ3v) is 4.59. The van der Waals surface area contributed by atoms with Gasteiger partial charge < -0.3 is 14.4 Å². The molecule has 27 heavy (non-hydrogen) atoms. The first kappa shape index (κ1) is 19.2. The van der Waals surface area contributed by atoms with E-state index in [1.165, 1.54) is 6.07 Å². The molecule has 7 nitrogen and oxygen atoms in total. The van der Waals surface area contributed by atoms with Crippen LogP contribution in [0.15, 0.2) is 18.2 Å². The van der Waals surface area contributed by atoms with E-state index in [0.29, 0.717) is 30.8 Å². The average molecular weight is 374 g/mol. The molecule has 146 valence electrons. The van der Waals surface area contributed by atoms with Crippen LogP contribution in [0.2, 0.25) is 0 Å². The maximum atomic E-state index is 12.2. The number of carbonyl (C=O) groups excluding carboxylic acids is 1. The van der Waals surface area contributed by atoms with Gasteiger partial charge in [0.1, 0.15) is 11.4 Å². The number of nitro groups is 1.